The summed E-state index contributed by atoms with van der Waals surface area (Å²) in [6.45, 7) is 0. The number of anilines is 1. The maximum atomic E-state index is 12.1. The van der Waals surface area contributed by atoms with Gasteiger partial charge in [-0.3, -0.25) is 9.78 Å². The molecule has 0 spiro atoms. The Kier molecular flexibility index (Phi) is 3.70. The summed E-state index contributed by atoms with van der Waals surface area (Å²) in [5.41, 5.74) is 3.13. The number of amides is 1. The fraction of sp³-hybridized carbons (Fsp3) is 0.176. The van der Waals surface area contributed by atoms with Crippen molar-refractivity contribution in [1.29, 1.82) is 0 Å². The molecule has 2 heterocycles. The molecule has 1 aliphatic rings. The number of fused-ring (bicyclic) bond motifs is 2. The molecular formula is C17H15N3O5S. The number of aromatic amines is 1. The van der Waals surface area contributed by atoms with Crippen molar-refractivity contribution < 1.29 is 17.6 Å². The van der Waals surface area contributed by atoms with Crippen LogP contribution in [0.2, 0.25) is 0 Å². The van der Waals surface area contributed by atoms with Gasteiger partial charge in [-0.1, -0.05) is 12.1 Å². The minimum absolute atomic E-state index is 0.152. The van der Waals surface area contributed by atoms with Gasteiger partial charge in [-0.25, -0.2) is 17.9 Å². The summed E-state index contributed by atoms with van der Waals surface area (Å²) < 4.78 is 31.0. The third-order valence-electron chi connectivity index (χ3n) is 4.49. The van der Waals surface area contributed by atoms with Crippen molar-refractivity contribution in [2.24, 2.45) is 0 Å². The summed E-state index contributed by atoms with van der Waals surface area (Å²) in [7, 11) is -2.18. The van der Waals surface area contributed by atoms with Gasteiger partial charge in [0.05, 0.1) is 10.4 Å². The molecule has 2 aromatic carbocycles. The van der Waals surface area contributed by atoms with Gasteiger partial charge in [0.15, 0.2) is 5.58 Å². The third-order valence-corrected chi connectivity index (χ3v) is 5.92. The van der Waals surface area contributed by atoms with E-state index in [-0.39, 0.29) is 23.1 Å². The molecule has 26 heavy (non-hydrogen) atoms. The zero-order valence-electron chi connectivity index (χ0n) is 13.7. The lowest BCUT2D eigenvalue weighted by atomic mass is 9.84. The van der Waals surface area contributed by atoms with E-state index in [0.717, 1.165) is 11.1 Å². The quantitative estimate of drug-likeness (QED) is 0.642. The lowest BCUT2D eigenvalue weighted by Gasteiger charge is -2.26. The largest absolute Gasteiger partial charge is 0.417 e. The molecule has 0 saturated carbocycles. The Hall–Kier alpha value is -2.91. The van der Waals surface area contributed by atoms with E-state index >= 15 is 0 Å². The van der Waals surface area contributed by atoms with Crippen LogP contribution in [0.5, 0.6) is 0 Å². The van der Waals surface area contributed by atoms with Gasteiger partial charge in [-0.2, -0.15) is 0 Å². The van der Waals surface area contributed by atoms with E-state index in [1.165, 1.54) is 19.2 Å². The molecule has 0 aliphatic carbocycles. The van der Waals surface area contributed by atoms with Gasteiger partial charge in [0.25, 0.3) is 0 Å². The molecule has 1 amide bonds. The van der Waals surface area contributed by atoms with Crippen LogP contribution >= 0.6 is 0 Å². The second-order valence-corrected chi connectivity index (χ2v) is 7.92. The van der Waals surface area contributed by atoms with E-state index in [0.29, 0.717) is 16.8 Å². The second kappa shape index (κ2) is 5.82. The van der Waals surface area contributed by atoms with Crippen LogP contribution < -0.4 is 15.8 Å². The molecular weight excluding hydrogens is 358 g/mol. The van der Waals surface area contributed by atoms with Gasteiger partial charge in [0, 0.05) is 24.1 Å². The third kappa shape index (κ3) is 2.71. The molecule has 9 heteroatoms. The average molecular weight is 373 g/mol. The van der Waals surface area contributed by atoms with E-state index < -0.39 is 15.8 Å². The number of rotatable bonds is 3. The van der Waals surface area contributed by atoms with Crippen LogP contribution in [-0.2, 0) is 14.8 Å². The van der Waals surface area contributed by atoms with Crippen LogP contribution in [0.25, 0.3) is 11.1 Å². The average Bonchev–Trinajstić information content (AvgIpc) is 2.98. The van der Waals surface area contributed by atoms with Gasteiger partial charge in [-0.05, 0) is 36.4 Å². The molecule has 1 aromatic heterocycles. The standard InChI is InChI=1S/C17H15N3O5S/c1-18-26(23,24)10-4-2-9(3-5-10)11-7-16(21)19-13-8-15-14(6-12(11)13)20-17(22)25-15/h2-6,8,11,18H,7H2,1H3,(H,19,21)(H,20,22). The maximum Gasteiger partial charge on any atom is 0.417 e. The van der Waals surface area contributed by atoms with E-state index in [2.05, 4.69) is 15.0 Å². The minimum Gasteiger partial charge on any atom is -0.408 e. The summed E-state index contributed by atoms with van der Waals surface area (Å²) in [6.07, 6.45) is 0.221. The van der Waals surface area contributed by atoms with Gasteiger partial charge in [0.2, 0.25) is 15.9 Å². The van der Waals surface area contributed by atoms with Gasteiger partial charge in [-0.15, -0.1) is 0 Å². The summed E-state index contributed by atoms with van der Waals surface area (Å²) in [5.74, 6) is -0.980. The van der Waals surface area contributed by atoms with Crippen LogP contribution in [-0.4, -0.2) is 26.4 Å². The summed E-state index contributed by atoms with van der Waals surface area (Å²) >= 11 is 0. The van der Waals surface area contributed by atoms with Gasteiger partial charge in [0.1, 0.15) is 0 Å². The van der Waals surface area contributed by atoms with E-state index in [1.807, 2.05) is 0 Å². The fourth-order valence-electron chi connectivity index (χ4n) is 3.20. The molecule has 134 valence electrons. The Morgan fingerprint density at radius 1 is 1.15 bits per heavy atom. The predicted molar refractivity (Wildman–Crippen MR) is 94.6 cm³/mol. The minimum atomic E-state index is -3.52. The first kappa shape index (κ1) is 16.6. The van der Waals surface area contributed by atoms with Gasteiger partial charge >= 0.3 is 5.76 Å². The maximum absolute atomic E-state index is 12.1. The van der Waals surface area contributed by atoms with Crippen molar-refractivity contribution in [3.05, 3.63) is 58.1 Å². The van der Waals surface area contributed by atoms with Crippen molar-refractivity contribution in [1.82, 2.24) is 9.71 Å². The highest BCUT2D eigenvalue weighted by Crippen LogP contribution is 2.39. The number of carbonyl (C=O) groups is 1. The molecule has 0 fully saturated rings. The second-order valence-electron chi connectivity index (χ2n) is 6.03. The number of benzene rings is 2. The van der Waals surface area contributed by atoms with Crippen molar-refractivity contribution in [3.63, 3.8) is 0 Å². The summed E-state index contributed by atoms with van der Waals surface area (Å²) in [4.78, 5) is 26.3. The van der Waals surface area contributed by atoms with Crippen molar-refractivity contribution in [2.75, 3.05) is 12.4 Å². The smallest absolute Gasteiger partial charge is 0.408 e. The zero-order chi connectivity index (χ0) is 18.5. The van der Waals surface area contributed by atoms with E-state index in [9.17, 15) is 18.0 Å². The number of aromatic nitrogens is 1. The lowest BCUT2D eigenvalue weighted by molar-refractivity contribution is -0.116. The van der Waals surface area contributed by atoms with Crippen LogP contribution in [0.3, 0.4) is 0 Å². The number of hydrogen-bond acceptors (Lipinski definition) is 5. The molecule has 0 radical (unpaired) electrons. The fourth-order valence-corrected chi connectivity index (χ4v) is 3.93. The first-order valence-electron chi connectivity index (χ1n) is 7.87. The van der Waals surface area contributed by atoms with Crippen molar-refractivity contribution in [3.8, 4) is 0 Å². The van der Waals surface area contributed by atoms with Crippen LogP contribution in [0.15, 0.2) is 50.5 Å². The molecule has 3 N–H and O–H groups in total. The SMILES string of the molecule is CNS(=O)(=O)c1ccc(C2CC(=O)Nc3cc4oc(=O)[nH]c4cc32)cc1. The lowest BCUT2D eigenvalue weighted by Crippen LogP contribution is -2.23. The molecule has 0 saturated heterocycles. The van der Waals surface area contributed by atoms with Crippen LogP contribution in [0.4, 0.5) is 5.69 Å². The molecule has 1 aliphatic heterocycles. The Bertz CT molecular complexity index is 1180. The topological polar surface area (TPSA) is 121 Å². The molecule has 1 unspecified atom stereocenters. The Labute approximate surface area is 148 Å². The summed E-state index contributed by atoms with van der Waals surface area (Å²) in [5, 5.41) is 2.79. The molecule has 3 aromatic rings. The van der Waals surface area contributed by atoms with Crippen LogP contribution in [0, 0.1) is 0 Å². The molecule has 0 bridgehead atoms. The van der Waals surface area contributed by atoms with E-state index in [1.54, 1.807) is 24.3 Å². The predicted octanol–water partition coefficient (Wildman–Crippen LogP) is 1.50. The van der Waals surface area contributed by atoms with E-state index in [4.69, 9.17) is 4.42 Å². The zero-order valence-corrected chi connectivity index (χ0v) is 14.5. The summed E-state index contributed by atoms with van der Waals surface area (Å²) in [6, 6.07) is 9.79. The number of H-pyrrole nitrogens is 1. The number of sulfonamides is 1. The molecule has 8 nitrogen and oxygen atoms in total. The molecule has 1 atom stereocenters. The Morgan fingerprint density at radius 3 is 2.58 bits per heavy atom. The number of carbonyl (C=O) groups excluding carboxylic acids is 1. The number of hydrogen-bond donors (Lipinski definition) is 3. The first-order chi connectivity index (χ1) is 12.4. The van der Waals surface area contributed by atoms with Crippen molar-refractivity contribution >= 4 is 32.7 Å². The van der Waals surface area contributed by atoms with Gasteiger partial charge < -0.3 is 9.73 Å². The highest BCUT2D eigenvalue weighted by molar-refractivity contribution is 7.89. The Balaban J connectivity index is 1.81. The highest BCUT2D eigenvalue weighted by Gasteiger charge is 2.28. The number of nitrogens with one attached hydrogen (secondary N) is 3. The first-order valence-corrected chi connectivity index (χ1v) is 9.36. The van der Waals surface area contributed by atoms with Crippen molar-refractivity contribution in [2.45, 2.75) is 17.2 Å². The molecule has 4 rings (SSSR count). The normalized spacial score (nSPS) is 17.1. The highest BCUT2D eigenvalue weighted by atomic mass is 32.2. The monoisotopic (exact) mass is 373 g/mol. The Morgan fingerprint density at radius 2 is 1.88 bits per heavy atom. The van der Waals surface area contributed by atoms with Crippen LogP contribution in [0.1, 0.15) is 23.5 Å². The number of oxazole rings is 1.